The molecule has 5 nitrogen and oxygen atoms in total. The number of hydrogen-bond donors (Lipinski definition) is 2. The Labute approximate surface area is 129 Å². The molecule has 0 amide bonds. The number of hydrogen-bond acceptors (Lipinski definition) is 4. The van der Waals surface area contributed by atoms with Gasteiger partial charge in [-0.2, -0.15) is 5.16 Å². The van der Waals surface area contributed by atoms with Crippen LogP contribution in [0.1, 0.15) is 35.6 Å². The quantitative estimate of drug-likeness (QED) is 0.907. The van der Waals surface area contributed by atoms with Crippen molar-refractivity contribution in [2.24, 2.45) is 0 Å². The first kappa shape index (κ1) is 13.8. The summed E-state index contributed by atoms with van der Waals surface area (Å²) in [6, 6.07) is 10.7. The minimum absolute atomic E-state index is 0.139. The summed E-state index contributed by atoms with van der Waals surface area (Å²) in [6.45, 7) is 4.10. The van der Waals surface area contributed by atoms with Crippen molar-refractivity contribution in [2.45, 2.75) is 37.9 Å². The van der Waals surface area contributed by atoms with E-state index in [1.807, 2.05) is 0 Å². The van der Waals surface area contributed by atoms with Crippen molar-refractivity contribution in [2.75, 3.05) is 13.1 Å². The summed E-state index contributed by atoms with van der Waals surface area (Å²) in [7, 11) is 0. The Morgan fingerprint density at radius 2 is 2.00 bits per heavy atom. The Kier molecular flexibility index (Phi) is 3.60. The van der Waals surface area contributed by atoms with Crippen molar-refractivity contribution in [3.63, 3.8) is 0 Å². The van der Waals surface area contributed by atoms with Crippen LogP contribution in [0.4, 0.5) is 0 Å². The van der Waals surface area contributed by atoms with Gasteiger partial charge in [-0.25, -0.2) is 0 Å². The minimum atomic E-state index is -0.139. The molecule has 0 bridgehead atoms. The molecule has 2 atom stereocenters. The Morgan fingerprint density at radius 1 is 1.23 bits per heavy atom. The van der Waals surface area contributed by atoms with Crippen LogP contribution in [0.2, 0.25) is 0 Å². The zero-order chi connectivity index (χ0) is 14.9. The van der Waals surface area contributed by atoms with Gasteiger partial charge in [0.05, 0.1) is 0 Å². The molecule has 2 aliphatic heterocycles. The van der Waals surface area contributed by atoms with Crippen LogP contribution < -0.4 is 10.9 Å². The SMILES string of the molecule is O=c1cc([C@H]2CCN[C@H](CN3Cc4ccccc4C3)C2)o[nH]1. The Hall–Kier alpha value is -1.85. The van der Waals surface area contributed by atoms with Crippen molar-refractivity contribution in [3.05, 3.63) is 57.6 Å². The highest BCUT2D eigenvalue weighted by Gasteiger charge is 2.28. The maximum absolute atomic E-state index is 11.2. The van der Waals surface area contributed by atoms with Crippen LogP contribution in [0.3, 0.4) is 0 Å². The van der Waals surface area contributed by atoms with Gasteiger partial charge in [0.2, 0.25) is 0 Å². The number of benzene rings is 1. The predicted molar refractivity (Wildman–Crippen MR) is 83.7 cm³/mol. The van der Waals surface area contributed by atoms with Gasteiger partial charge in [0.15, 0.2) is 0 Å². The number of aromatic amines is 1. The molecule has 22 heavy (non-hydrogen) atoms. The van der Waals surface area contributed by atoms with E-state index < -0.39 is 0 Å². The minimum Gasteiger partial charge on any atom is -0.383 e. The van der Waals surface area contributed by atoms with E-state index in [-0.39, 0.29) is 5.56 Å². The lowest BCUT2D eigenvalue weighted by atomic mass is 9.90. The van der Waals surface area contributed by atoms with Crippen LogP contribution in [-0.2, 0) is 13.1 Å². The maximum atomic E-state index is 11.2. The van der Waals surface area contributed by atoms with E-state index in [1.165, 1.54) is 11.1 Å². The van der Waals surface area contributed by atoms with E-state index in [4.69, 9.17) is 4.52 Å². The van der Waals surface area contributed by atoms with E-state index in [2.05, 4.69) is 39.6 Å². The maximum Gasteiger partial charge on any atom is 0.280 e. The fraction of sp³-hybridized carbons (Fsp3) is 0.471. The highest BCUT2D eigenvalue weighted by atomic mass is 16.5. The number of nitrogens with zero attached hydrogens (tertiary/aromatic N) is 1. The lowest BCUT2D eigenvalue weighted by Crippen LogP contribution is -2.44. The molecule has 1 fully saturated rings. The van der Waals surface area contributed by atoms with Gasteiger partial charge < -0.3 is 9.84 Å². The Bertz CT molecular complexity index is 681. The fourth-order valence-corrected chi connectivity index (χ4v) is 3.75. The standard InChI is InChI=1S/C17H21N3O2/c21-17-8-16(22-19-17)12-5-6-18-15(7-12)11-20-9-13-3-1-2-4-14(13)10-20/h1-4,8,12,15,18H,5-7,9-11H2,(H,19,21)/t12-,15-/m0/s1. The molecule has 0 spiro atoms. The number of piperidine rings is 1. The van der Waals surface area contributed by atoms with Crippen LogP contribution >= 0.6 is 0 Å². The van der Waals surface area contributed by atoms with Gasteiger partial charge in [-0.1, -0.05) is 24.3 Å². The van der Waals surface area contributed by atoms with E-state index in [1.54, 1.807) is 6.07 Å². The van der Waals surface area contributed by atoms with Gasteiger partial charge in [-0.15, -0.1) is 0 Å². The summed E-state index contributed by atoms with van der Waals surface area (Å²) in [4.78, 5) is 13.7. The summed E-state index contributed by atoms with van der Waals surface area (Å²) < 4.78 is 5.29. The molecule has 5 heteroatoms. The average molecular weight is 299 g/mol. The topological polar surface area (TPSA) is 61.3 Å². The molecule has 2 aromatic rings. The van der Waals surface area contributed by atoms with Gasteiger partial charge >= 0.3 is 0 Å². The number of fused-ring (bicyclic) bond motifs is 1. The first-order valence-corrected chi connectivity index (χ1v) is 7.99. The zero-order valence-electron chi connectivity index (χ0n) is 12.5. The van der Waals surface area contributed by atoms with Gasteiger partial charge in [0.1, 0.15) is 5.76 Å². The molecule has 2 N–H and O–H groups in total. The number of aromatic nitrogens is 1. The van der Waals surface area contributed by atoms with Crippen LogP contribution in [0, 0.1) is 0 Å². The highest BCUT2D eigenvalue weighted by molar-refractivity contribution is 5.30. The third kappa shape index (κ3) is 2.74. The first-order valence-electron chi connectivity index (χ1n) is 7.99. The van der Waals surface area contributed by atoms with Crippen molar-refractivity contribution < 1.29 is 4.52 Å². The molecule has 116 valence electrons. The zero-order valence-corrected chi connectivity index (χ0v) is 12.5. The van der Waals surface area contributed by atoms with Crippen LogP contribution in [-0.4, -0.2) is 29.2 Å². The van der Waals surface area contributed by atoms with Gasteiger partial charge in [0.25, 0.3) is 5.56 Å². The normalized spacial score (nSPS) is 25.3. The molecule has 4 rings (SSSR count). The highest BCUT2D eigenvalue weighted by Crippen LogP contribution is 2.28. The Morgan fingerprint density at radius 3 is 2.68 bits per heavy atom. The van der Waals surface area contributed by atoms with Crippen LogP contribution in [0.15, 0.2) is 39.6 Å². The molecule has 1 aromatic carbocycles. The molecule has 1 saturated heterocycles. The van der Waals surface area contributed by atoms with Crippen molar-refractivity contribution in [3.8, 4) is 0 Å². The number of nitrogens with one attached hydrogen (secondary N) is 2. The molecule has 2 aliphatic rings. The molecular weight excluding hydrogens is 278 g/mol. The summed E-state index contributed by atoms with van der Waals surface area (Å²) in [5.74, 6) is 1.15. The van der Waals surface area contributed by atoms with E-state index in [0.29, 0.717) is 12.0 Å². The molecule has 1 aromatic heterocycles. The van der Waals surface area contributed by atoms with E-state index >= 15 is 0 Å². The third-order valence-corrected chi connectivity index (χ3v) is 4.82. The lowest BCUT2D eigenvalue weighted by molar-refractivity contribution is 0.210. The number of H-pyrrole nitrogens is 1. The van der Waals surface area contributed by atoms with Gasteiger partial charge in [-0.3, -0.25) is 9.69 Å². The second kappa shape index (κ2) is 5.74. The predicted octanol–water partition coefficient (Wildman–Crippen LogP) is 1.82. The molecule has 3 heterocycles. The smallest absolute Gasteiger partial charge is 0.280 e. The van der Waals surface area contributed by atoms with Gasteiger partial charge in [-0.05, 0) is 30.5 Å². The second-order valence-electron chi connectivity index (χ2n) is 6.43. The van der Waals surface area contributed by atoms with Crippen molar-refractivity contribution in [1.82, 2.24) is 15.4 Å². The summed E-state index contributed by atoms with van der Waals surface area (Å²) in [5.41, 5.74) is 2.76. The lowest BCUT2D eigenvalue weighted by Gasteiger charge is -2.31. The molecule has 0 unspecified atom stereocenters. The molecular formula is C17H21N3O2. The monoisotopic (exact) mass is 299 g/mol. The Balaban J connectivity index is 1.39. The van der Waals surface area contributed by atoms with Crippen LogP contribution in [0.5, 0.6) is 0 Å². The molecule has 0 saturated carbocycles. The number of rotatable bonds is 3. The van der Waals surface area contributed by atoms with E-state index in [9.17, 15) is 4.79 Å². The van der Waals surface area contributed by atoms with Crippen molar-refractivity contribution in [1.29, 1.82) is 0 Å². The van der Waals surface area contributed by atoms with E-state index in [0.717, 1.165) is 44.8 Å². The summed E-state index contributed by atoms with van der Waals surface area (Å²) in [5, 5.41) is 6.01. The average Bonchev–Trinajstić information content (AvgIpc) is 3.13. The molecule has 0 radical (unpaired) electrons. The largest absolute Gasteiger partial charge is 0.383 e. The fourth-order valence-electron chi connectivity index (χ4n) is 3.75. The summed E-state index contributed by atoms with van der Waals surface area (Å²) >= 11 is 0. The van der Waals surface area contributed by atoms with Crippen LogP contribution in [0.25, 0.3) is 0 Å². The summed E-state index contributed by atoms with van der Waals surface area (Å²) in [6.07, 6.45) is 2.05. The first-order chi connectivity index (χ1) is 10.8. The van der Waals surface area contributed by atoms with Gasteiger partial charge in [0, 0.05) is 37.7 Å². The second-order valence-corrected chi connectivity index (χ2v) is 6.43. The van der Waals surface area contributed by atoms with Crippen molar-refractivity contribution >= 4 is 0 Å². The third-order valence-electron chi connectivity index (χ3n) is 4.82. The molecule has 0 aliphatic carbocycles.